The fraction of sp³-hybridized carbons (Fsp3) is 0.0556. The molecule has 2 aromatic carbocycles. The normalized spacial score (nSPS) is 13.2. The molecule has 26 heavy (non-hydrogen) atoms. The number of imide groups is 1. The second-order valence-corrected chi connectivity index (χ2v) is 5.69. The van der Waals surface area contributed by atoms with E-state index in [4.69, 9.17) is 4.42 Å². The van der Waals surface area contributed by atoms with Gasteiger partial charge in [0.25, 0.3) is 17.5 Å². The summed E-state index contributed by atoms with van der Waals surface area (Å²) in [7, 11) is 0. The summed E-state index contributed by atoms with van der Waals surface area (Å²) in [6, 6.07) is 12.4. The van der Waals surface area contributed by atoms with Crippen molar-refractivity contribution in [3.8, 4) is 11.5 Å². The van der Waals surface area contributed by atoms with E-state index in [0.717, 1.165) is 4.90 Å². The van der Waals surface area contributed by atoms with Gasteiger partial charge in [0.1, 0.15) is 6.26 Å². The Hall–Kier alpha value is -3.81. The van der Waals surface area contributed by atoms with E-state index in [1.165, 1.54) is 30.5 Å². The van der Waals surface area contributed by atoms with E-state index in [1.807, 2.05) is 0 Å². The molecule has 0 N–H and O–H groups in total. The highest BCUT2D eigenvalue weighted by Gasteiger charge is 2.35. The molecular formula is C18H11N3O5. The van der Waals surface area contributed by atoms with Gasteiger partial charge in [0.05, 0.1) is 28.3 Å². The molecule has 0 bridgehead atoms. The molecule has 2 amide bonds. The lowest BCUT2D eigenvalue weighted by atomic mass is 10.1. The van der Waals surface area contributed by atoms with Gasteiger partial charge in [0, 0.05) is 17.7 Å². The van der Waals surface area contributed by atoms with Gasteiger partial charge in [-0.15, -0.1) is 0 Å². The van der Waals surface area contributed by atoms with E-state index in [0.29, 0.717) is 22.4 Å². The zero-order valence-corrected chi connectivity index (χ0v) is 13.3. The van der Waals surface area contributed by atoms with Gasteiger partial charge in [-0.2, -0.15) is 0 Å². The third kappa shape index (κ3) is 2.53. The molecule has 0 unspecified atom stereocenters. The van der Waals surface area contributed by atoms with E-state index in [2.05, 4.69) is 4.98 Å². The summed E-state index contributed by atoms with van der Waals surface area (Å²) in [5.41, 5.74) is 1.68. The zero-order valence-electron chi connectivity index (χ0n) is 13.3. The molecular weight excluding hydrogens is 338 g/mol. The second-order valence-electron chi connectivity index (χ2n) is 5.69. The number of carbonyl (C=O) groups is 2. The molecule has 0 aliphatic carbocycles. The van der Waals surface area contributed by atoms with Crippen LogP contribution in [0.25, 0.3) is 11.5 Å². The maximum atomic E-state index is 12.4. The first-order valence-electron chi connectivity index (χ1n) is 7.69. The average molecular weight is 349 g/mol. The number of benzene rings is 2. The monoisotopic (exact) mass is 349 g/mol. The minimum Gasteiger partial charge on any atom is -0.444 e. The van der Waals surface area contributed by atoms with Crippen LogP contribution < -0.4 is 0 Å². The molecule has 0 atom stereocenters. The minimum absolute atomic E-state index is 0.0111. The Kier molecular flexibility index (Phi) is 3.58. The number of hydrogen-bond donors (Lipinski definition) is 0. The Morgan fingerprint density at radius 1 is 1.00 bits per heavy atom. The van der Waals surface area contributed by atoms with Crippen LogP contribution in [0, 0.1) is 10.1 Å². The number of hydrogen-bond acceptors (Lipinski definition) is 6. The SMILES string of the molecule is O=C1c2ccccc2C(=O)N1Cc1coc(-c2ccc([N+](=O)[O-])cc2)n1. The van der Waals surface area contributed by atoms with Crippen LogP contribution in [0.3, 0.4) is 0 Å². The van der Waals surface area contributed by atoms with E-state index in [9.17, 15) is 19.7 Å². The lowest BCUT2D eigenvalue weighted by Crippen LogP contribution is -2.29. The zero-order chi connectivity index (χ0) is 18.3. The maximum absolute atomic E-state index is 12.4. The number of nitro benzene ring substituents is 1. The van der Waals surface area contributed by atoms with Crippen LogP contribution in [0.4, 0.5) is 5.69 Å². The van der Waals surface area contributed by atoms with Crippen molar-refractivity contribution in [1.82, 2.24) is 9.88 Å². The third-order valence-electron chi connectivity index (χ3n) is 4.08. The summed E-state index contributed by atoms with van der Waals surface area (Å²) in [6.45, 7) is -0.0111. The predicted molar refractivity (Wildman–Crippen MR) is 89.2 cm³/mol. The van der Waals surface area contributed by atoms with E-state index in [1.54, 1.807) is 24.3 Å². The Bertz CT molecular complexity index is 1000. The Labute approximate surface area is 146 Å². The highest BCUT2D eigenvalue weighted by Crippen LogP contribution is 2.26. The first-order chi connectivity index (χ1) is 12.5. The first kappa shape index (κ1) is 15.7. The van der Waals surface area contributed by atoms with Crippen LogP contribution in [0.5, 0.6) is 0 Å². The summed E-state index contributed by atoms with van der Waals surface area (Å²) >= 11 is 0. The van der Waals surface area contributed by atoms with Crippen molar-refractivity contribution in [3.05, 3.63) is 81.7 Å². The smallest absolute Gasteiger partial charge is 0.269 e. The molecule has 0 saturated carbocycles. The van der Waals surface area contributed by atoms with Crippen LogP contribution in [0.15, 0.2) is 59.2 Å². The molecule has 0 radical (unpaired) electrons. The van der Waals surface area contributed by atoms with Crippen molar-refractivity contribution in [2.75, 3.05) is 0 Å². The molecule has 0 saturated heterocycles. The summed E-state index contributed by atoms with van der Waals surface area (Å²) in [5.74, 6) is -0.484. The van der Waals surface area contributed by atoms with Gasteiger partial charge in [-0.3, -0.25) is 24.6 Å². The van der Waals surface area contributed by atoms with Crippen molar-refractivity contribution in [2.45, 2.75) is 6.54 Å². The fourth-order valence-electron chi connectivity index (χ4n) is 2.78. The number of fused-ring (bicyclic) bond motifs is 1. The van der Waals surface area contributed by atoms with Crippen molar-refractivity contribution >= 4 is 17.5 Å². The lowest BCUT2D eigenvalue weighted by Gasteiger charge is -2.11. The van der Waals surface area contributed by atoms with Crippen LogP contribution in [0.1, 0.15) is 26.4 Å². The average Bonchev–Trinajstić information content (AvgIpc) is 3.22. The molecule has 128 valence electrons. The summed E-state index contributed by atoms with van der Waals surface area (Å²) in [5, 5.41) is 10.7. The van der Waals surface area contributed by atoms with E-state index in [-0.39, 0.29) is 29.9 Å². The predicted octanol–water partition coefficient (Wildman–Crippen LogP) is 3.05. The molecule has 0 spiro atoms. The lowest BCUT2D eigenvalue weighted by molar-refractivity contribution is -0.384. The number of aromatic nitrogens is 1. The van der Waals surface area contributed by atoms with Gasteiger partial charge >= 0.3 is 0 Å². The minimum atomic E-state index is -0.493. The number of non-ortho nitro benzene ring substituents is 1. The number of carbonyl (C=O) groups excluding carboxylic acids is 2. The molecule has 1 aliphatic heterocycles. The number of rotatable bonds is 4. The highest BCUT2D eigenvalue weighted by atomic mass is 16.6. The van der Waals surface area contributed by atoms with Crippen LogP contribution in [-0.2, 0) is 6.54 Å². The molecule has 1 aromatic heterocycles. The first-order valence-corrected chi connectivity index (χ1v) is 7.69. The topological polar surface area (TPSA) is 107 Å². The quantitative estimate of drug-likeness (QED) is 0.407. The third-order valence-corrected chi connectivity index (χ3v) is 4.08. The second kappa shape index (κ2) is 5.92. The van der Waals surface area contributed by atoms with Crippen LogP contribution in [0.2, 0.25) is 0 Å². The molecule has 8 heteroatoms. The molecule has 0 fully saturated rings. The highest BCUT2D eigenvalue weighted by molar-refractivity contribution is 6.21. The summed E-state index contributed by atoms with van der Waals surface area (Å²) in [6.07, 6.45) is 1.36. The molecule has 4 rings (SSSR count). The molecule has 1 aliphatic rings. The summed E-state index contributed by atoms with van der Waals surface area (Å²) in [4.78, 5) is 40.3. The van der Waals surface area contributed by atoms with Gasteiger partial charge in [0.15, 0.2) is 0 Å². The van der Waals surface area contributed by atoms with Crippen LogP contribution in [-0.4, -0.2) is 26.6 Å². The van der Waals surface area contributed by atoms with Crippen molar-refractivity contribution in [1.29, 1.82) is 0 Å². The van der Waals surface area contributed by atoms with Gasteiger partial charge in [-0.05, 0) is 24.3 Å². The number of nitrogens with zero attached hydrogens (tertiary/aromatic N) is 3. The largest absolute Gasteiger partial charge is 0.444 e. The molecule has 3 aromatic rings. The van der Waals surface area contributed by atoms with Gasteiger partial charge in [-0.1, -0.05) is 12.1 Å². The van der Waals surface area contributed by atoms with Crippen molar-refractivity contribution in [3.63, 3.8) is 0 Å². The van der Waals surface area contributed by atoms with Gasteiger partial charge in [-0.25, -0.2) is 4.98 Å². The Morgan fingerprint density at radius 2 is 1.62 bits per heavy atom. The van der Waals surface area contributed by atoms with Gasteiger partial charge < -0.3 is 4.42 Å². The van der Waals surface area contributed by atoms with Crippen molar-refractivity contribution in [2.24, 2.45) is 0 Å². The molecule has 2 heterocycles. The Morgan fingerprint density at radius 3 is 2.19 bits per heavy atom. The van der Waals surface area contributed by atoms with Crippen LogP contribution >= 0.6 is 0 Å². The maximum Gasteiger partial charge on any atom is 0.269 e. The van der Waals surface area contributed by atoms with E-state index >= 15 is 0 Å². The van der Waals surface area contributed by atoms with E-state index < -0.39 is 4.92 Å². The van der Waals surface area contributed by atoms with Crippen molar-refractivity contribution < 1.29 is 18.9 Å². The number of oxazole rings is 1. The number of amides is 2. The standard InChI is InChI=1S/C18H11N3O5/c22-17-14-3-1-2-4-15(14)18(23)20(17)9-12-10-26-16(19-12)11-5-7-13(8-6-11)21(24)25/h1-8,10H,9H2. The Balaban J connectivity index is 1.55. The molecule has 8 nitrogen and oxygen atoms in total. The summed E-state index contributed by atoms with van der Waals surface area (Å²) < 4.78 is 5.38. The number of nitro groups is 1. The fourth-order valence-corrected chi connectivity index (χ4v) is 2.78. The van der Waals surface area contributed by atoms with Gasteiger partial charge in [0.2, 0.25) is 5.89 Å².